The minimum Gasteiger partial charge on any atom is -0.465 e. The van der Waals surface area contributed by atoms with Gasteiger partial charge in [-0.25, -0.2) is 4.79 Å². The van der Waals surface area contributed by atoms with Crippen LogP contribution in [0.4, 0.5) is 0 Å². The van der Waals surface area contributed by atoms with Gasteiger partial charge in [0.15, 0.2) is 0 Å². The van der Waals surface area contributed by atoms with Crippen molar-refractivity contribution in [1.82, 2.24) is 0 Å². The van der Waals surface area contributed by atoms with E-state index in [1.54, 1.807) is 12.1 Å². The predicted octanol–water partition coefficient (Wildman–Crippen LogP) is 1.05. The smallest absolute Gasteiger partial charge is 0.348 e. The summed E-state index contributed by atoms with van der Waals surface area (Å²) in [5, 5.41) is 0. The van der Waals surface area contributed by atoms with Gasteiger partial charge in [0.2, 0.25) is 0 Å². The van der Waals surface area contributed by atoms with Crippen molar-refractivity contribution in [3.8, 4) is 0 Å². The second-order valence-corrected chi connectivity index (χ2v) is 5.85. The van der Waals surface area contributed by atoms with Crippen LogP contribution in [0, 0.1) is 0 Å². The Bertz CT molecular complexity index is 460. The molecule has 7 heteroatoms. The van der Waals surface area contributed by atoms with E-state index in [2.05, 4.69) is 8.92 Å². The molecule has 0 unspecified atom stereocenters. The first-order valence-electron chi connectivity index (χ1n) is 4.44. The van der Waals surface area contributed by atoms with Gasteiger partial charge < -0.3 is 4.74 Å². The van der Waals surface area contributed by atoms with Crippen molar-refractivity contribution in [3.63, 3.8) is 0 Å². The monoisotopic (exact) mass is 264 g/mol. The van der Waals surface area contributed by atoms with Gasteiger partial charge in [-0.05, 0) is 12.1 Å². The zero-order valence-electron chi connectivity index (χ0n) is 8.93. The van der Waals surface area contributed by atoms with Gasteiger partial charge in [-0.2, -0.15) is 8.42 Å². The Balaban J connectivity index is 2.50. The fourth-order valence-electron chi connectivity index (χ4n) is 1.02. The zero-order valence-corrected chi connectivity index (χ0v) is 10.6. The van der Waals surface area contributed by atoms with Gasteiger partial charge in [0.1, 0.15) is 4.88 Å². The Labute approximate surface area is 98.1 Å². The summed E-state index contributed by atoms with van der Waals surface area (Å²) in [4.78, 5) is 12.5. The minimum atomic E-state index is -3.40. The number of hydrogen-bond acceptors (Lipinski definition) is 6. The van der Waals surface area contributed by atoms with Crippen LogP contribution in [0.15, 0.2) is 12.1 Å². The van der Waals surface area contributed by atoms with E-state index in [0.717, 1.165) is 11.1 Å². The molecule has 90 valence electrons. The average molecular weight is 264 g/mol. The Kier molecular flexibility index (Phi) is 4.45. The van der Waals surface area contributed by atoms with Crippen LogP contribution in [-0.2, 0) is 25.5 Å². The quantitative estimate of drug-likeness (QED) is 0.587. The van der Waals surface area contributed by atoms with Gasteiger partial charge in [-0.1, -0.05) is 0 Å². The number of methoxy groups -OCH3 is 1. The van der Waals surface area contributed by atoms with Crippen molar-refractivity contribution in [2.75, 3.05) is 20.0 Å². The lowest BCUT2D eigenvalue weighted by Gasteiger charge is -1.98. The Hall–Kier alpha value is -0.920. The molecule has 0 aromatic carbocycles. The molecular weight excluding hydrogens is 252 g/mol. The summed E-state index contributed by atoms with van der Waals surface area (Å²) < 4.78 is 30.5. The van der Waals surface area contributed by atoms with Gasteiger partial charge in [0.05, 0.1) is 20.0 Å². The van der Waals surface area contributed by atoms with Gasteiger partial charge in [-0.15, -0.1) is 11.3 Å². The highest BCUT2D eigenvalue weighted by Crippen LogP contribution is 2.17. The molecule has 0 fully saturated rings. The van der Waals surface area contributed by atoms with Crippen LogP contribution in [0.1, 0.15) is 14.5 Å². The summed E-state index contributed by atoms with van der Waals surface area (Å²) in [6.07, 6.45) is 1.45. The van der Waals surface area contributed by atoms with E-state index < -0.39 is 10.1 Å². The molecule has 0 aliphatic carbocycles. The molecule has 0 atom stereocenters. The minimum absolute atomic E-state index is 0.0833. The molecule has 0 amide bonds. The SMILES string of the molecule is COC(=O)c1ccc(CCOS(C)(=O)=O)s1. The normalized spacial score (nSPS) is 11.4. The maximum Gasteiger partial charge on any atom is 0.348 e. The molecule has 1 aromatic heterocycles. The van der Waals surface area contributed by atoms with Crippen LogP contribution in [0.5, 0.6) is 0 Å². The van der Waals surface area contributed by atoms with Crippen molar-refractivity contribution in [2.24, 2.45) is 0 Å². The molecule has 0 saturated heterocycles. The summed E-state index contributed by atoms with van der Waals surface area (Å²) in [5.41, 5.74) is 0. The fraction of sp³-hybridized carbons (Fsp3) is 0.444. The molecule has 5 nitrogen and oxygen atoms in total. The number of thiophene rings is 1. The van der Waals surface area contributed by atoms with Crippen LogP contribution in [0.2, 0.25) is 0 Å². The Morgan fingerprint density at radius 3 is 2.69 bits per heavy atom. The van der Waals surface area contributed by atoms with E-state index in [9.17, 15) is 13.2 Å². The number of carbonyl (C=O) groups is 1. The molecule has 1 heterocycles. The number of carbonyl (C=O) groups excluding carboxylic acids is 1. The van der Waals surface area contributed by atoms with Crippen LogP contribution in [0.25, 0.3) is 0 Å². The summed E-state index contributed by atoms with van der Waals surface area (Å²) in [7, 11) is -2.08. The van der Waals surface area contributed by atoms with Crippen LogP contribution >= 0.6 is 11.3 Å². The molecule has 1 rings (SSSR count). The fourth-order valence-corrected chi connectivity index (χ4v) is 2.31. The maximum atomic E-state index is 11.1. The molecule has 1 aromatic rings. The number of rotatable bonds is 5. The second-order valence-electron chi connectivity index (χ2n) is 3.03. The molecule has 0 bridgehead atoms. The number of ether oxygens (including phenoxy) is 1. The largest absolute Gasteiger partial charge is 0.465 e. The van der Waals surface area contributed by atoms with E-state index in [4.69, 9.17) is 0 Å². The maximum absolute atomic E-state index is 11.1. The van der Waals surface area contributed by atoms with E-state index in [1.807, 2.05) is 0 Å². The molecule has 0 spiro atoms. The lowest BCUT2D eigenvalue weighted by atomic mass is 10.3. The van der Waals surface area contributed by atoms with Crippen molar-refractivity contribution < 1.29 is 22.1 Å². The third-order valence-corrected chi connectivity index (χ3v) is 3.41. The molecule has 0 N–H and O–H groups in total. The summed E-state index contributed by atoms with van der Waals surface area (Å²) in [5.74, 6) is -0.389. The standard InChI is InChI=1S/C9H12O5S2/c1-13-9(10)8-4-3-7(15-8)5-6-14-16(2,11)12/h3-4H,5-6H2,1-2H3. The lowest BCUT2D eigenvalue weighted by Crippen LogP contribution is -2.05. The molecule has 0 saturated carbocycles. The Morgan fingerprint density at radius 1 is 1.44 bits per heavy atom. The highest BCUT2D eigenvalue weighted by molar-refractivity contribution is 7.85. The zero-order chi connectivity index (χ0) is 12.2. The van der Waals surface area contributed by atoms with E-state index in [1.165, 1.54) is 18.4 Å². The molecule has 0 radical (unpaired) electrons. The van der Waals surface area contributed by atoms with Gasteiger partial charge in [0, 0.05) is 11.3 Å². The molecule has 16 heavy (non-hydrogen) atoms. The topological polar surface area (TPSA) is 69.7 Å². The third-order valence-electron chi connectivity index (χ3n) is 1.69. The highest BCUT2D eigenvalue weighted by atomic mass is 32.2. The summed E-state index contributed by atoms with van der Waals surface area (Å²) >= 11 is 1.27. The third kappa shape index (κ3) is 4.30. The van der Waals surface area contributed by atoms with Crippen LogP contribution < -0.4 is 0 Å². The van der Waals surface area contributed by atoms with Crippen molar-refractivity contribution >= 4 is 27.4 Å². The highest BCUT2D eigenvalue weighted by Gasteiger charge is 2.09. The first-order chi connectivity index (χ1) is 7.42. The van der Waals surface area contributed by atoms with E-state index >= 15 is 0 Å². The van der Waals surface area contributed by atoms with Gasteiger partial charge in [0.25, 0.3) is 10.1 Å². The van der Waals surface area contributed by atoms with E-state index in [0.29, 0.717) is 11.3 Å². The van der Waals surface area contributed by atoms with Crippen LogP contribution in [0.3, 0.4) is 0 Å². The number of esters is 1. The van der Waals surface area contributed by atoms with E-state index in [-0.39, 0.29) is 12.6 Å². The lowest BCUT2D eigenvalue weighted by molar-refractivity contribution is 0.0606. The first kappa shape index (κ1) is 13.1. The van der Waals surface area contributed by atoms with Crippen molar-refractivity contribution in [3.05, 3.63) is 21.9 Å². The summed E-state index contributed by atoms with van der Waals surface area (Å²) in [6.45, 7) is 0.0833. The predicted molar refractivity (Wildman–Crippen MR) is 60.2 cm³/mol. The second kappa shape index (κ2) is 5.42. The average Bonchev–Trinajstić information content (AvgIpc) is 2.63. The molecular formula is C9H12O5S2. The Morgan fingerprint density at radius 2 is 2.12 bits per heavy atom. The van der Waals surface area contributed by atoms with Crippen LogP contribution in [-0.4, -0.2) is 34.4 Å². The molecule has 0 aliphatic rings. The first-order valence-corrected chi connectivity index (χ1v) is 7.07. The van der Waals surface area contributed by atoms with Gasteiger partial charge in [-0.3, -0.25) is 4.18 Å². The van der Waals surface area contributed by atoms with Gasteiger partial charge >= 0.3 is 5.97 Å². The van der Waals surface area contributed by atoms with Crippen molar-refractivity contribution in [2.45, 2.75) is 6.42 Å². The summed E-state index contributed by atoms with van der Waals surface area (Å²) in [6, 6.07) is 3.40. The number of hydrogen-bond donors (Lipinski definition) is 0. The molecule has 0 aliphatic heterocycles. The van der Waals surface area contributed by atoms with Crippen molar-refractivity contribution in [1.29, 1.82) is 0 Å².